The molecule has 1 fully saturated rings. The quantitative estimate of drug-likeness (QED) is 0.404. The summed E-state index contributed by atoms with van der Waals surface area (Å²) in [4.78, 5) is 43.6. The van der Waals surface area contributed by atoms with Crippen molar-refractivity contribution in [1.29, 1.82) is 0 Å². The first-order valence-corrected chi connectivity index (χ1v) is 12.3. The highest BCUT2D eigenvalue weighted by Gasteiger charge is 2.31. The number of aromatic hydroxyl groups is 1. The maximum atomic E-state index is 13.6. The standard InChI is InChI=1S/C22H22FN5O6S/c1-24-21(31)15-10-13(23)5-4-12(15)11-25-22(32)18-19(30)17-14(6-7-16(29)26-17)20(27-18)28-8-2-3-9-35(28,33)34/h4-7,10,30H,2-3,8-9,11H2,1H3,(H,24,31)(H,25,32)(H,26,29). The number of nitrogens with one attached hydrogen (secondary N) is 3. The molecule has 1 aliphatic rings. The van der Waals surface area contributed by atoms with E-state index in [0.29, 0.717) is 18.4 Å². The second kappa shape index (κ2) is 9.33. The van der Waals surface area contributed by atoms with Crippen LogP contribution in [0.5, 0.6) is 5.75 Å². The lowest BCUT2D eigenvalue weighted by molar-refractivity contribution is 0.0934. The first-order chi connectivity index (χ1) is 16.6. The van der Waals surface area contributed by atoms with Gasteiger partial charge in [-0.3, -0.25) is 18.7 Å². The SMILES string of the molecule is CNC(=O)c1cc(F)ccc1CNC(=O)c1nc(N2CCCCS2(=O)=O)c2ccc(=O)[nH]c2c1O. The minimum Gasteiger partial charge on any atom is -0.504 e. The number of sulfonamides is 1. The van der Waals surface area contributed by atoms with E-state index >= 15 is 0 Å². The molecule has 2 amide bonds. The molecule has 11 nitrogen and oxygen atoms in total. The Hall–Kier alpha value is -4.00. The smallest absolute Gasteiger partial charge is 0.274 e. The number of carbonyl (C=O) groups is 2. The minimum absolute atomic E-state index is 0.00733. The molecular weight excluding hydrogens is 481 g/mol. The molecule has 35 heavy (non-hydrogen) atoms. The van der Waals surface area contributed by atoms with E-state index < -0.39 is 44.7 Å². The first kappa shape index (κ1) is 24.1. The normalized spacial score (nSPS) is 15.1. The Labute approximate surface area is 199 Å². The van der Waals surface area contributed by atoms with Crippen LogP contribution in [0.2, 0.25) is 0 Å². The number of anilines is 1. The van der Waals surface area contributed by atoms with Crippen molar-refractivity contribution in [1.82, 2.24) is 20.6 Å². The fraction of sp³-hybridized carbons (Fsp3) is 0.273. The Balaban J connectivity index is 1.76. The van der Waals surface area contributed by atoms with Gasteiger partial charge in [-0.25, -0.2) is 17.8 Å². The number of pyridine rings is 2. The topological polar surface area (TPSA) is 162 Å². The number of hydrogen-bond donors (Lipinski definition) is 4. The number of H-pyrrole nitrogens is 1. The zero-order valence-electron chi connectivity index (χ0n) is 18.6. The lowest BCUT2D eigenvalue weighted by Gasteiger charge is -2.28. The Morgan fingerprint density at radius 3 is 2.69 bits per heavy atom. The van der Waals surface area contributed by atoms with Crippen LogP contribution in [0.15, 0.2) is 35.1 Å². The summed E-state index contributed by atoms with van der Waals surface area (Å²) in [7, 11) is -2.35. The number of fused-ring (bicyclic) bond motifs is 1. The van der Waals surface area contributed by atoms with Crippen LogP contribution in [-0.4, -0.2) is 54.7 Å². The molecule has 1 aliphatic heterocycles. The molecular formula is C22H22FN5O6S. The summed E-state index contributed by atoms with van der Waals surface area (Å²) in [5, 5.41) is 15.8. The lowest BCUT2D eigenvalue weighted by atomic mass is 10.1. The number of rotatable bonds is 5. The van der Waals surface area contributed by atoms with Gasteiger partial charge in [-0.1, -0.05) is 6.07 Å². The molecule has 2 aromatic heterocycles. The third kappa shape index (κ3) is 4.67. The lowest BCUT2D eigenvalue weighted by Crippen LogP contribution is -2.39. The van der Waals surface area contributed by atoms with Crippen LogP contribution in [0.3, 0.4) is 0 Å². The highest BCUT2D eigenvalue weighted by molar-refractivity contribution is 7.92. The summed E-state index contributed by atoms with van der Waals surface area (Å²) in [5.74, 6) is -2.92. The molecule has 0 radical (unpaired) electrons. The largest absolute Gasteiger partial charge is 0.504 e. The van der Waals surface area contributed by atoms with Crippen LogP contribution in [0.1, 0.15) is 39.3 Å². The van der Waals surface area contributed by atoms with E-state index in [1.165, 1.54) is 19.2 Å². The molecule has 13 heteroatoms. The molecule has 0 aliphatic carbocycles. The summed E-state index contributed by atoms with van der Waals surface area (Å²) >= 11 is 0. The Kier molecular flexibility index (Phi) is 6.43. The van der Waals surface area contributed by atoms with E-state index in [4.69, 9.17) is 0 Å². The van der Waals surface area contributed by atoms with E-state index in [1.54, 1.807) is 0 Å². The van der Waals surface area contributed by atoms with Crippen molar-refractivity contribution in [2.45, 2.75) is 19.4 Å². The Morgan fingerprint density at radius 1 is 1.20 bits per heavy atom. The summed E-state index contributed by atoms with van der Waals surface area (Å²) in [6.45, 7) is -0.0931. The predicted octanol–water partition coefficient (Wildman–Crippen LogP) is 0.987. The van der Waals surface area contributed by atoms with Crippen molar-refractivity contribution >= 4 is 38.6 Å². The van der Waals surface area contributed by atoms with Crippen LogP contribution in [0, 0.1) is 5.82 Å². The molecule has 0 unspecified atom stereocenters. The monoisotopic (exact) mass is 503 g/mol. The van der Waals surface area contributed by atoms with Crippen molar-refractivity contribution in [3.63, 3.8) is 0 Å². The van der Waals surface area contributed by atoms with Gasteiger partial charge >= 0.3 is 0 Å². The van der Waals surface area contributed by atoms with E-state index in [2.05, 4.69) is 20.6 Å². The van der Waals surface area contributed by atoms with Gasteiger partial charge in [0.25, 0.3) is 11.8 Å². The maximum absolute atomic E-state index is 13.6. The van der Waals surface area contributed by atoms with Gasteiger partial charge in [-0.05, 0) is 36.6 Å². The molecule has 3 aromatic rings. The van der Waals surface area contributed by atoms with Crippen LogP contribution in [0.25, 0.3) is 10.9 Å². The molecule has 1 saturated heterocycles. The molecule has 0 bridgehead atoms. The third-order valence-corrected chi connectivity index (χ3v) is 7.45. The minimum atomic E-state index is -3.73. The van der Waals surface area contributed by atoms with Crippen molar-refractivity contribution < 1.29 is 27.5 Å². The second-order valence-corrected chi connectivity index (χ2v) is 9.92. The molecule has 3 heterocycles. The zero-order valence-corrected chi connectivity index (χ0v) is 19.4. The summed E-state index contributed by atoms with van der Waals surface area (Å²) < 4.78 is 40.1. The maximum Gasteiger partial charge on any atom is 0.274 e. The number of hydrogen-bond acceptors (Lipinski definition) is 7. The van der Waals surface area contributed by atoms with Gasteiger partial charge in [0.1, 0.15) is 5.82 Å². The van der Waals surface area contributed by atoms with E-state index in [1.807, 2.05) is 0 Å². The summed E-state index contributed by atoms with van der Waals surface area (Å²) in [6, 6.07) is 5.98. The first-order valence-electron chi connectivity index (χ1n) is 10.7. The highest BCUT2D eigenvalue weighted by atomic mass is 32.2. The summed E-state index contributed by atoms with van der Waals surface area (Å²) in [5.41, 5.74) is -0.918. The van der Waals surface area contributed by atoms with Gasteiger partial charge in [-0.15, -0.1) is 0 Å². The number of carbonyl (C=O) groups excluding carboxylic acids is 2. The van der Waals surface area contributed by atoms with Crippen molar-refractivity contribution in [3.05, 3.63) is 63.3 Å². The fourth-order valence-electron chi connectivity index (χ4n) is 3.87. The number of aromatic nitrogens is 2. The van der Waals surface area contributed by atoms with Crippen LogP contribution < -0.4 is 20.5 Å². The van der Waals surface area contributed by atoms with Crippen molar-refractivity contribution in [3.8, 4) is 5.75 Å². The second-order valence-electron chi connectivity index (χ2n) is 7.90. The Morgan fingerprint density at radius 2 is 1.97 bits per heavy atom. The van der Waals surface area contributed by atoms with Gasteiger partial charge in [0, 0.05) is 37.2 Å². The van der Waals surface area contributed by atoms with E-state index in [-0.39, 0.29) is 41.1 Å². The number of benzene rings is 1. The Bertz CT molecular complexity index is 1500. The summed E-state index contributed by atoms with van der Waals surface area (Å²) in [6.07, 6.45) is 1.05. The number of halogens is 1. The van der Waals surface area contributed by atoms with Crippen LogP contribution in [-0.2, 0) is 16.6 Å². The van der Waals surface area contributed by atoms with Gasteiger partial charge in [0.15, 0.2) is 17.3 Å². The van der Waals surface area contributed by atoms with Gasteiger partial charge in [0.05, 0.1) is 11.3 Å². The molecule has 4 rings (SSSR count). The molecule has 184 valence electrons. The number of aromatic amines is 1. The number of amides is 2. The molecule has 4 N–H and O–H groups in total. The van der Waals surface area contributed by atoms with E-state index in [0.717, 1.165) is 22.5 Å². The highest BCUT2D eigenvalue weighted by Crippen LogP contribution is 2.34. The number of nitrogens with zero attached hydrogens (tertiary/aromatic N) is 2. The fourth-order valence-corrected chi connectivity index (χ4v) is 5.47. The molecule has 0 spiro atoms. The third-order valence-electron chi connectivity index (χ3n) is 5.62. The van der Waals surface area contributed by atoms with Crippen LogP contribution >= 0.6 is 0 Å². The molecule has 1 aromatic carbocycles. The predicted molar refractivity (Wildman–Crippen MR) is 125 cm³/mol. The van der Waals surface area contributed by atoms with Crippen molar-refractivity contribution in [2.24, 2.45) is 0 Å². The van der Waals surface area contributed by atoms with Crippen molar-refractivity contribution in [2.75, 3.05) is 23.7 Å². The average molecular weight is 504 g/mol. The van der Waals surface area contributed by atoms with Gasteiger partial charge < -0.3 is 20.7 Å². The van der Waals surface area contributed by atoms with Gasteiger partial charge in [-0.2, -0.15) is 0 Å². The molecule has 0 saturated carbocycles. The zero-order chi connectivity index (χ0) is 25.3. The molecule has 0 atom stereocenters. The van der Waals surface area contributed by atoms with E-state index in [9.17, 15) is 32.3 Å². The van der Waals surface area contributed by atoms with Gasteiger partial charge in [0.2, 0.25) is 15.6 Å². The average Bonchev–Trinajstić information content (AvgIpc) is 2.83. The van der Waals surface area contributed by atoms with Crippen LogP contribution in [0.4, 0.5) is 10.2 Å².